The SMILES string of the molecule is O=C(COC(=O)Cn1nnc(-c2ccccc2)n1)NCc1ccc(Cl)cc1. The molecular formula is C18H16ClN5O3. The molecule has 138 valence electrons. The Labute approximate surface area is 160 Å². The topological polar surface area (TPSA) is 99.0 Å². The summed E-state index contributed by atoms with van der Waals surface area (Å²) in [5.74, 6) is -0.632. The molecule has 1 heterocycles. The summed E-state index contributed by atoms with van der Waals surface area (Å²) >= 11 is 5.80. The number of tetrazole rings is 1. The van der Waals surface area contributed by atoms with Gasteiger partial charge in [-0.05, 0) is 22.9 Å². The maximum absolute atomic E-state index is 11.8. The van der Waals surface area contributed by atoms with Crippen LogP contribution in [0.5, 0.6) is 0 Å². The van der Waals surface area contributed by atoms with Gasteiger partial charge in [0.15, 0.2) is 13.2 Å². The van der Waals surface area contributed by atoms with Crippen LogP contribution in [0, 0.1) is 0 Å². The van der Waals surface area contributed by atoms with Crippen molar-refractivity contribution in [1.82, 2.24) is 25.5 Å². The molecule has 0 spiro atoms. The molecule has 1 amide bonds. The normalized spacial score (nSPS) is 10.4. The van der Waals surface area contributed by atoms with E-state index < -0.39 is 11.9 Å². The monoisotopic (exact) mass is 385 g/mol. The van der Waals surface area contributed by atoms with Gasteiger partial charge < -0.3 is 10.1 Å². The molecular weight excluding hydrogens is 370 g/mol. The number of benzene rings is 2. The average molecular weight is 386 g/mol. The number of amides is 1. The van der Waals surface area contributed by atoms with Gasteiger partial charge in [-0.2, -0.15) is 4.80 Å². The second-order valence-electron chi connectivity index (χ2n) is 5.57. The smallest absolute Gasteiger partial charge is 0.330 e. The summed E-state index contributed by atoms with van der Waals surface area (Å²) in [5.41, 5.74) is 1.68. The van der Waals surface area contributed by atoms with Gasteiger partial charge in [0.05, 0.1) is 0 Å². The van der Waals surface area contributed by atoms with E-state index in [1.165, 1.54) is 0 Å². The molecule has 8 nitrogen and oxygen atoms in total. The van der Waals surface area contributed by atoms with E-state index in [0.717, 1.165) is 15.9 Å². The number of nitrogens with one attached hydrogen (secondary N) is 1. The Balaban J connectivity index is 1.42. The second-order valence-corrected chi connectivity index (χ2v) is 6.01. The summed E-state index contributed by atoms with van der Waals surface area (Å²) in [6.45, 7) is -0.296. The van der Waals surface area contributed by atoms with Crippen molar-refractivity contribution in [3.63, 3.8) is 0 Å². The minimum Gasteiger partial charge on any atom is -0.454 e. The number of carbonyl (C=O) groups excluding carboxylic acids is 2. The van der Waals surface area contributed by atoms with Crippen LogP contribution in [0.4, 0.5) is 0 Å². The van der Waals surface area contributed by atoms with E-state index >= 15 is 0 Å². The standard InChI is InChI=1S/C18H16ClN5O3/c19-15-8-6-13(7-9-15)10-20-16(25)12-27-17(26)11-24-22-18(21-23-24)14-4-2-1-3-5-14/h1-9H,10-12H2,(H,20,25). The number of halogens is 1. The van der Waals surface area contributed by atoms with Crippen molar-refractivity contribution in [2.24, 2.45) is 0 Å². The van der Waals surface area contributed by atoms with Crippen molar-refractivity contribution >= 4 is 23.5 Å². The van der Waals surface area contributed by atoms with Crippen molar-refractivity contribution in [2.75, 3.05) is 6.61 Å². The highest BCUT2D eigenvalue weighted by Crippen LogP contribution is 2.11. The van der Waals surface area contributed by atoms with Gasteiger partial charge in [0.25, 0.3) is 5.91 Å². The zero-order valence-electron chi connectivity index (χ0n) is 14.2. The third-order valence-electron chi connectivity index (χ3n) is 3.52. The number of hydrogen-bond donors (Lipinski definition) is 1. The molecule has 3 aromatic rings. The van der Waals surface area contributed by atoms with E-state index in [2.05, 4.69) is 20.7 Å². The molecule has 3 rings (SSSR count). The molecule has 0 aliphatic rings. The fraction of sp³-hybridized carbons (Fsp3) is 0.167. The van der Waals surface area contributed by atoms with E-state index in [1.54, 1.807) is 24.3 Å². The van der Waals surface area contributed by atoms with Crippen molar-refractivity contribution < 1.29 is 14.3 Å². The van der Waals surface area contributed by atoms with Gasteiger partial charge in [0.1, 0.15) is 0 Å². The number of carbonyl (C=O) groups is 2. The fourth-order valence-electron chi connectivity index (χ4n) is 2.17. The van der Waals surface area contributed by atoms with Gasteiger partial charge in [-0.15, -0.1) is 10.2 Å². The second kappa shape index (κ2) is 8.91. The maximum Gasteiger partial charge on any atom is 0.330 e. The predicted molar refractivity (Wildman–Crippen MR) is 97.5 cm³/mol. The largest absolute Gasteiger partial charge is 0.454 e. The lowest BCUT2D eigenvalue weighted by Crippen LogP contribution is -2.29. The highest BCUT2D eigenvalue weighted by molar-refractivity contribution is 6.30. The summed E-state index contributed by atoms with van der Waals surface area (Å²) in [7, 11) is 0. The number of hydrogen-bond acceptors (Lipinski definition) is 6. The van der Waals surface area contributed by atoms with Gasteiger partial charge in [-0.25, -0.2) is 4.79 Å². The van der Waals surface area contributed by atoms with Crippen LogP contribution in [0.15, 0.2) is 54.6 Å². The van der Waals surface area contributed by atoms with E-state index in [1.807, 2.05) is 30.3 Å². The molecule has 1 N–H and O–H groups in total. The molecule has 0 saturated carbocycles. The van der Waals surface area contributed by atoms with Crippen LogP contribution >= 0.6 is 11.6 Å². The first kappa shape index (κ1) is 18.5. The first-order valence-electron chi connectivity index (χ1n) is 8.10. The van der Waals surface area contributed by atoms with E-state index in [0.29, 0.717) is 17.4 Å². The Kier molecular flexibility index (Phi) is 6.11. The van der Waals surface area contributed by atoms with Crippen LogP contribution < -0.4 is 5.32 Å². The Morgan fingerprint density at radius 3 is 2.56 bits per heavy atom. The molecule has 27 heavy (non-hydrogen) atoms. The molecule has 0 bridgehead atoms. The highest BCUT2D eigenvalue weighted by atomic mass is 35.5. The number of nitrogens with zero attached hydrogens (tertiary/aromatic N) is 4. The predicted octanol–water partition coefficient (Wildman–Crippen LogP) is 1.85. The Bertz CT molecular complexity index is 912. The molecule has 0 atom stereocenters. The zero-order chi connectivity index (χ0) is 19.1. The van der Waals surface area contributed by atoms with Gasteiger partial charge in [0.2, 0.25) is 5.82 Å². The van der Waals surface area contributed by atoms with Crippen LogP contribution in [-0.4, -0.2) is 38.7 Å². The van der Waals surface area contributed by atoms with Crippen molar-refractivity contribution in [3.8, 4) is 11.4 Å². The minimum absolute atomic E-state index is 0.232. The Morgan fingerprint density at radius 1 is 1.07 bits per heavy atom. The summed E-state index contributed by atoms with van der Waals surface area (Å²) in [4.78, 5) is 24.7. The van der Waals surface area contributed by atoms with Gasteiger partial charge in [0, 0.05) is 17.1 Å². The molecule has 9 heteroatoms. The van der Waals surface area contributed by atoms with Crippen LogP contribution in [-0.2, 0) is 27.4 Å². The van der Waals surface area contributed by atoms with E-state index in [4.69, 9.17) is 16.3 Å². The van der Waals surface area contributed by atoms with Crippen LogP contribution in [0.2, 0.25) is 5.02 Å². The fourth-order valence-corrected chi connectivity index (χ4v) is 2.30. The van der Waals surface area contributed by atoms with Crippen LogP contribution in [0.3, 0.4) is 0 Å². The summed E-state index contributed by atoms with van der Waals surface area (Å²) in [5, 5.41) is 15.1. The van der Waals surface area contributed by atoms with E-state index in [-0.39, 0.29) is 13.2 Å². The Hall–Kier alpha value is -3.26. The third kappa shape index (κ3) is 5.61. The number of aromatic nitrogens is 4. The lowest BCUT2D eigenvalue weighted by Gasteiger charge is -2.06. The lowest BCUT2D eigenvalue weighted by molar-refractivity contribution is -0.149. The number of ether oxygens (including phenoxy) is 1. The molecule has 2 aromatic carbocycles. The zero-order valence-corrected chi connectivity index (χ0v) is 15.0. The summed E-state index contributed by atoms with van der Waals surface area (Å²) < 4.78 is 4.93. The van der Waals surface area contributed by atoms with Crippen LogP contribution in [0.1, 0.15) is 5.56 Å². The van der Waals surface area contributed by atoms with Gasteiger partial charge in [-0.1, -0.05) is 54.1 Å². The molecule has 0 fully saturated rings. The van der Waals surface area contributed by atoms with Crippen molar-refractivity contribution in [1.29, 1.82) is 0 Å². The highest BCUT2D eigenvalue weighted by Gasteiger charge is 2.12. The molecule has 1 aromatic heterocycles. The first-order chi connectivity index (χ1) is 13.1. The minimum atomic E-state index is -0.631. The van der Waals surface area contributed by atoms with Gasteiger partial charge in [-0.3, -0.25) is 4.79 Å². The molecule has 0 aliphatic carbocycles. The molecule has 0 aliphatic heterocycles. The lowest BCUT2D eigenvalue weighted by atomic mass is 10.2. The maximum atomic E-state index is 11.8. The summed E-state index contributed by atoms with van der Waals surface area (Å²) in [6, 6.07) is 16.3. The summed E-state index contributed by atoms with van der Waals surface area (Å²) in [6.07, 6.45) is 0. The number of rotatable bonds is 7. The molecule has 0 radical (unpaired) electrons. The first-order valence-corrected chi connectivity index (χ1v) is 8.48. The van der Waals surface area contributed by atoms with Crippen LogP contribution in [0.25, 0.3) is 11.4 Å². The number of esters is 1. The van der Waals surface area contributed by atoms with Gasteiger partial charge >= 0.3 is 5.97 Å². The quantitative estimate of drug-likeness (QED) is 0.623. The third-order valence-corrected chi connectivity index (χ3v) is 3.77. The van der Waals surface area contributed by atoms with Crippen molar-refractivity contribution in [3.05, 3.63) is 65.2 Å². The Morgan fingerprint density at radius 2 is 1.81 bits per heavy atom. The average Bonchev–Trinajstić information content (AvgIpc) is 3.15. The molecule has 0 unspecified atom stereocenters. The van der Waals surface area contributed by atoms with Crippen molar-refractivity contribution in [2.45, 2.75) is 13.1 Å². The van der Waals surface area contributed by atoms with E-state index in [9.17, 15) is 9.59 Å². The molecule has 0 saturated heterocycles.